The molecule has 4 aromatic rings. The number of fused-ring (bicyclic) bond motifs is 1. The highest BCUT2D eigenvalue weighted by Crippen LogP contribution is 2.34. The van der Waals surface area contributed by atoms with Crippen LogP contribution in [0.2, 0.25) is 0 Å². The largest absolute Gasteiger partial charge is 0.489 e. The van der Waals surface area contributed by atoms with E-state index in [1.807, 2.05) is 12.1 Å². The average Bonchev–Trinajstić information content (AvgIpc) is 3.07. The molecule has 0 aliphatic carbocycles. The second kappa shape index (κ2) is 8.94. The Morgan fingerprint density at radius 2 is 1.82 bits per heavy atom. The summed E-state index contributed by atoms with van der Waals surface area (Å²) in [5.74, 6) is 0.126. The van der Waals surface area contributed by atoms with Crippen LogP contribution in [0.1, 0.15) is 22.3 Å². The number of nitrogen functional groups attached to an aromatic ring is 1. The van der Waals surface area contributed by atoms with Crippen LogP contribution in [0.3, 0.4) is 0 Å². The van der Waals surface area contributed by atoms with E-state index >= 15 is 0 Å². The molecule has 2 heterocycles. The smallest absolute Gasteiger partial charge is 0.416 e. The zero-order chi connectivity index (χ0) is 23.8. The molecule has 172 valence electrons. The summed E-state index contributed by atoms with van der Waals surface area (Å²) in [6, 6.07) is 10.5. The van der Waals surface area contributed by atoms with Gasteiger partial charge in [-0.3, -0.25) is 4.57 Å². The molecule has 0 atom stereocenters. The van der Waals surface area contributed by atoms with E-state index in [1.165, 1.54) is 12.1 Å². The van der Waals surface area contributed by atoms with Crippen LogP contribution in [0.4, 0.5) is 23.4 Å². The molecule has 0 aliphatic heterocycles. The van der Waals surface area contributed by atoms with Gasteiger partial charge < -0.3 is 15.6 Å². The third-order valence-electron chi connectivity index (χ3n) is 4.84. The highest BCUT2D eigenvalue weighted by molar-refractivity contribution is 9.10. The molecule has 0 amide bonds. The van der Waals surface area contributed by atoms with E-state index in [-0.39, 0.29) is 41.4 Å². The zero-order valence-electron chi connectivity index (χ0n) is 16.8. The van der Waals surface area contributed by atoms with Crippen LogP contribution in [0, 0.1) is 6.08 Å². The van der Waals surface area contributed by atoms with E-state index in [1.54, 1.807) is 16.7 Å². The minimum Gasteiger partial charge on any atom is -0.489 e. The maximum absolute atomic E-state index is 13.6. The van der Waals surface area contributed by atoms with Crippen LogP contribution in [0.15, 0.2) is 47.2 Å². The number of ether oxygens (including phenoxy) is 1. The molecular formula is C21H16BrF4N5O2. The second-order valence-electron chi connectivity index (χ2n) is 7.10. The molecule has 7 nitrogen and oxygen atoms in total. The van der Waals surface area contributed by atoms with Crippen molar-refractivity contribution in [3.05, 3.63) is 75.5 Å². The summed E-state index contributed by atoms with van der Waals surface area (Å²) in [7, 11) is 0. The molecule has 0 spiro atoms. The van der Waals surface area contributed by atoms with E-state index in [0.29, 0.717) is 4.73 Å². The fourth-order valence-electron chi connectivity index (χ4n) is 3.34. The number of anilines is 1. The molecule has 12 heteroatoms. The van der Waals surface area contributed by atoms with Crippen LogP contribution in [-0.4, -0.2) is 24.6 Å². The number of nitrogens with two attached hydrogens (primary N) is 1. The van der Waals surface area contributed by atoms with Crippen LogP contribution in [-0.2, 0) is 25.9 Å². The van der Waals surface area contributed by atoms with E-state index in [4.69, 9.17) is 10.5 Å². The third kappa shape index (κ3) is 4.91. The van der Waals surface area contributed by atoms with Gasteiger partial charge >= 0.3 is 12.3 Å². The van der Waals surface area contributed by atoms with Gasteiger partial charge in [0.2, 0.25) is 0 Å². The highest BCUT2D eigenvalue weighted by Gasteiger charge is 2.33. The lowest BCUT2D eigenvalue weighted by Crippen LogP contribution is -2.09. The van der Waals surface area contributed by atoms with E-state index in [9.17, 15) is 22.7 Å². The monoisotopic (exact) mass is 525 g/mol. The summed E-state index contributed by atoms with van der Waals surface area (Å²) >= 11 is 3.32. The first-order valence-electron chi connectivity index (χ1n) is 9.52. The van der Waals surface area contributed by atoms with Crippen LogP contribution >= 0.6 is 15.9 Å². The second-order valence-corrected chi connectivity index (χ2v) is 7.81. The lowest BCUT2D eigenvalue weighted by molar-refractivity contribution is -0.138. The molecule has 0 aliphatic rings. The first-order chi connectivity index (χ1) is 15.7. The Hall–Kier alpha value is -3.25. The van der Waals surface area contributed by atoms with Gasteiger partial charge in [-0.2, -0.15) is 27.5 Å². The predicted molar refractivity (Wildman–Crippen MR) is 115 cm³/mol. The number of rotatable bonds is 6. The van der Waals surface area contributed by atoms with Gasteiger partial charge in [0.05, 0.1) is 18.7 Å². The molecule has 0 saturated heterocycles. The van der Waals surface area contributed by atoms with Crippen LogP contribution in [0.25, 0.3) is 11.2 Å². The first-order valence-corrected chi connectivity index (χ1v) is 10.3. The molecule has 0 fully saturated rings. The van der Waals surface area contributed by atoms with E-state index in [2.05, 4.69) is 30.9 Å². The number of hydrogen-bond donors (Lipinski definition) is 2. The summed E-state index contributed by atoms with van der Waals surface area (Å²) in [5.41, 5.74) is 6.62. The van der Waals surface area contributed by atoms with Crippen molar-refractivity contribution < 1.29 is 27.4 Å². The number of benzene rings is 2. The number of nitrogens with zero attached hydrogens (tertiary/aromatic N) is 4. The number of aliphatic hydroxyl groups excluding tert-OH is 1. The quantitative estimate of drug-likeness (QED) is 0.219. The summed E-state index contributed by atoms with van der Waals surface area (Å²) in [6.07, 6.45) is -5.52. The van der Waals surface area contributed by atoms with E-state index < -0.39 is 24.4 Å². The number of hydrogen-bond acceptors (Lipinski definition) is 6. The Morgan fingerprint density at radius 3 is 2.55 bits per heavy atom. The Morgan fingerprint density at radius 1 is 1.06 bits per heavy atom. The van der Waals surface area contributed by atoms with Gasteiger partial charge in [-0.25, -0.2) is 4.98 Å². The minimum atomic E-state index is -4.56. The number of aliphatic hydroxyl groups is 1. The molecule has 2 aromatic heterocycles. The molecule has 0 saturated carbocycles. The topological polar surface area (TPSA) is 99.1 Å². The fraction of sp³-hybridized carbons (Fsp3) is 0.190. The SMILES string of the molecule is Nc1nc(F)nc2c1nc(Br)n2Cc1cccc(COc2ccc(C(F)(F)F)c(CO)c2)c1. The molecular weight excluding hydrogens is 510 g/mol. The fourth-order valence-corrected chi connectivity index (χ4v) is 3.81. The summed E-state index contributed by atoms with van der Waals surface area (Å²) in [5, 5.41) is 9.28. The number of aromatic nitrogens is 4. The lowest BCUT2D eigenvalue weighted by atomic mass is 10.1. The Labute approximate surface area is 193 Å². The molecule has 3 N–H and O–H groups in total. The Kier molecular flexibility index (Phi) is 6.21. The van der Waals surface area contributed by atoms with Crippen molar-refractivity contribution >= 4 is 32.9 Å². The maximum atomic E-state index is 13.6. The molecule has 0 unspecified atom stereocenters. The minimum absolute atomic E-state index is 0.0714. The molecule has 33 heavy (non-hydrogen) atoms. The first kappa shape index (κ1) is 22.9. The number of alkyl halides is 3. The normalized spacial score (nSPS) is 11.8. The van der Waals surface area contributed by atoms with Gasteiger partial charge in [-0.15, -0.1) is 0 Å². The van der Waals surface area contributed by atoms with Gasteiger partial charge in [-0.05, 0) is 50.8 Å². The highest BCUT2D eigenvalue weighted by atomic mass is 79.9. The standard InChI is InChI=1S/C21H16BrF4N5O2/c22-19-28-16-17(27)29-20(23)30-18(16)31(19)8-11-2-1-3-12(6-11)10-33-14-4-5-15(21(24,25)26)13(7-14)9-32/h1-7,32H,8-10H2,(H2,27,29,30). The van der Waals surface area contributed by atoms with Gasteiger partial charge in [0.15, 0.2) is 21.7 Å². The van der Waals surface area contributed by atoms with Gasteiger partial charge in [0, 0.05) is 0 Å². The molecule has 2 aromatic carbocycles. The average molecular weight is 526 g/mol. The van der Waals surface area contributed by atoms with Gasteiger partial charge in [0.1, 0.15) is 12.4 Å². The van der Waals surface area contributed by atoms with Gasteiger partial charge in [-0.1, -0.05) is 24.3 Å². The molecule has 4 rings (SSSR count). The summed E-state index contributed by atoms with van der Waals surface area (Å²) in [6.45, 7) is -0.390. The van der Waals surface area contributed by atoms with Crippen molar-refractivity contribution in [3.8, 4) is 5.75 Å². The maximum Gasteiger partial charge on any atom is 0.416 e. The van der Waals surface area contributed by atoms with Crippen molar-refractivity contribution in [2.24, 2.45) is 0 Å². The van der Waals surface area contributed by atoms with Crippen molar-refractivity contribution in [1.29, 1.82) is 0 Å². The van der Waals surface area contributed by atoms with Crippen LogP contribution in [0.5, 0.6) is 5.75 Å². The van der Waals surface area contributed by atoms with Crippen molar-refractivity contribution in [2.75, 3.05) is 5.73 Å². The number of halogens is 5. The third-order valence-corrected chi connectivity index (χ3v) is 5.44. The molecule has 0 bridgehead atoms. The lowest BCUT2D eigenvalue weighted by Gasteiger charge is -2.14. The number of imidazole rings is 1. The zero-order valence-corrected chi connectivity index (χ0v) is 18.4. The van der Waals surface area contributed by atoms with Crippen molar-refractivity contribution in [1.82, 2.24) is 19.5 Å². The Balaban J connectivity index is 1.53. The summed E-state index contributed by atoms with van der Waals surface area (Å²) in [4.78, 5) is 11.5. The summed E-state index contributed by atoms with van der Waals surface area (Å²) < 4.78 is 60.3. The van der Waals surface area contributed by atoms with Gasteiger partial charge in [0.25, 0.3) is 0 Å². The van der Waals surface area contributed by atoms with Crippen molar-refractivity contribution in [2.45, 2.75) is 25.9 Å². The Bertz CT molecular complexity index is 1330. The van der Waals surface area contributed by atoms with Crippen molar-refractivity contribution in [3.63, 3.8) is 0 Å². The molecule has 0 radical (unpaired) electrons. The van der Waals surface area contributed by atoms with Crippen LogP contribution < -0.4 is 10.5 Å². The predicted octanol–water partition coefficient (Wildman–Crippen LogP) is 4.45. The van der Waals surface area contributed by atoms with E-state index in [0.717, 1.165) is 17.2 Å².